The largest absolute Gasteiger partial charge is 0.409 e. The summed E-state index contributed by atoms with van der Waals surface area (Å²) in [6.45, 7) is 23.1. The van der Waals surface area contributed by atoms with Crippen LogP contribution < -0.4 is 5.32 Å². The van der Waals surface area contributed by atoms with Crippen molar-refractivity contribution in [3.05, 3.63) is 0 Å². The molecule has 264 valence electrons. The topological polar surface area (TPSA) is 132 Å². The molecule has 1 heterocycles. The van der Waals surface area contributed by atoms with Crippen molar-refractivity contribution in [2.45, 2.75) is 168 Å². The van der Waals surface area contributed by atoms with Crippen LogP contribution in [0.25, 0.3) is 0 Å². The van der Waals surface area contributed by atoms with Crippen molar-refractivity contribution >= 4 is 22.5 Å². The Morgan fingerprint density at radius 2 is 1.44 bits per heavy atom. The van der Waals surface area contributed by atoms with E-state index in [1.54, 1.807) is 0 Å². The molecule has 0 radical (unpaired) electrons. The van der Waals surface area contributed by atoms with Gasteiger partial charge in [-0.1, -0.05) is 41.5 Å². The third-order valence-electron chi connectivity index (χ3n) is 9.48. The van der Waals surface area contributed by atoms with Gasteiger partial charge in [0.2, 0.25) is 13.8 Å². The fourth-order valence-electron chi connectivity index (χ4n) is 6.41. The number of nitrogens with one attached hydrogen (secondary N) is 1. The molecular weight excluding hydrogens is 611 g/mol. The van der Waals surface area contributed by atoms with E-state index in [4.69, 9.17) is 34.5 Å². The molecule has 1 unspecified atom stereocenters. The molecule has 0 aromatic carbocycles. The normalized spacial score (nSPS) is 23.8. The Hall–Kier alpha value is -0.926. The van der Waals surface area contributed by atoms with Gasteiger partial charge in [-0.05, 0) is 64.0 Å². The van der Waals surface area contributed by atoms with Crippen LogP contribution in [0.15, 0.2) is 0 Å². The van der Waals surface area contributed by atoms with E-state index in [9.17, 15) is 4.79 Å². The van der Waals surface area contributed by atoms with E-state index in [1.165, 1.54) is 6.92 Å². The molecule has 1 fully saturated rings. The van der Waals surface area contributed by atoms with Gasteiger partial charge in [0.05, 0.1) is 44.5 Å². The highest BCUT2D eigenvalue weighted by Crippen LogP contribution is 2.36. The number of aliphatic hydroxyl groups is 1. The van der Waals surface area contributed by atoms with E-state index >= 15 is 0 Å². The van der Waals surface area contributed by atoms with Crippen molar-refractivity contribution in [3.63, 3.8) is 0 Å². The van der Waals surface area contributed by atoms with Crippen LogP contribution in [0.4, 0.5) is 0 Å². The Morgan fingerprint density at radius 1 is 0.911 bits per heavy atom. The lowest BCUT2D eigenvalue weighted by Crippen LogP contribution is -2.69. The first-order valence-electron chi connectivity index (χ1n) is 17.6. The molecule has 45 heavy (non-hydrogen) atoms. The predicted molar refractivity (Wildman–Crippen MR) is 181 cm³/mol. The number of hydrogen-bond acceptors (Lipinski definition) is 10. The Labute approximate surface area is 277 Å². The minimum atomic E-state index is -2.23. The Morgan fingerprint density at radius 3 is 1.89 bits per heavy atom. The average molecular weight is 678 g/mol. The lowest BCUT2D eigenvalue weighted by molar-refractivity contribution is -0.267. The third kappa shape index (κ3) is 12.2. The van der Waals surface area contributed by atoms with E-state index in [1.807, 2.05) is 0 Å². The molecule has 1 saturated heterocycles. The zero-order valence-corrected chi connectivity index (χ0v) is 32.1. The molecular formula is C32H65N3O8Si2. The van der Waals surface area contributed by atoms with Crippen LogP contribution in [0.2, 0.25) is 36.3 Å². The van der Waals surface area contributed by atoms with Crippen LogP contribution >= 0.6 is 0 Å². The number of nitrogens with zero attached hydrogens (tertiary/aromatic N) is 2. The van der Waals surface area contributed by atoms with Gasteiger partial charge in [-0.3, -0.25) is 9.69 Å². The zero-order chi connectivity index (χ0) is 34.9. The SMILES string of the molecule is [3H]OCOC[C@H]1O[C@@H](COC(OCCC#N)N(C(C)C)C(C)C)[C@H](NC(C)=O)[C@@H](O[Si](CC)(CC)CC)[C@@H]1O[Si](CC)(CC)CC. The van der Waals surface area contributed by atoms with Gasteiger partial charge < -0.3 is 38.2 Å². The molecule has 1 rings (SSSR count). The molecule has 11 nitrogen and oxygen atoms in total. The van der Waals surface area contributed by atoms with E-state index in [2.05, 4.69) is 90.6 Å². The lowest BCUT2D eigenvalue weighted by Gasteiger charge is -2.51. The fourth-order valence-corrected chi connectivity index (χ4v) is 12.1. The van der Waals surface area contributed by atoms with Crippen LogP contribution in [-0.2, 0) is 32.6 Å². The van der Waals surface area contributed by atoms with Crippen molar-refractivity contribution < 1.29 is 37.7 Å². The van der Waals surface area contributed by atoms with Crippen molar-refractivity contribution in [1.29, 1.82) is 6.69 Å². The maximum Gasteiger partial charge on any atom is 0.219 e. The highest BCUT2D eigenvalue weighted by molar-refractivity contribution is 6.74. The second-order valence-electron chi connectivity index (χ2n) is 12.6. The molecule has 13 heteroatoms. The van der Waals surface area contributed by atoms with Gasteiger partial charge in [0.15, 0.2) is 16.6 Å². The maximum absolute atomic E-state index is 12.8. The summed E-state index contributed by atoms with van der Waals surface area (Å²) >= 11 is 0. The predicted octanol–water partition coefficient (Wildman–Crippen LogP) is 5.35. The molecule has 0 spiro atoms. The maximum atomic E-state index is 12.8. The first kappa shape index (κ1) is 40.2. The molecule has 0 aromatic rings. The third-order valence-corrected chi connectivity index (χ3v) is 18.8. The van der Waals surface area contributed by atoms with Crippen molar-refractivity contribution in [2.75, 3.05) is 26.6 Å². The van der Waals surface area contributed by atoms with Crippen LogP contribution in [0.3, 0.4) is 0 Å². The molecule has 0 saturated carbocycles. The van der Waals surface area contributed by atoms with Crippen molar-refractivity contribution in [2.24, 2.45) is 0 Å². The summed E-state index contributed by atoms with van der Waals surface area (Å²) < 4.78 is 46.8. The molecule has 2 N–H and O–H groups in total. The van der Waals surface area contributed by atoms with E-state index in [0.29, 0.717) is 0 Å². The minimum Gasteiger partial charge on any atom is -0.409 e. The van der Waals surface area contributed by atoms with Crippen LogP contribution in [-0.4, -0.2) is 110 Å². The number of carbonyl (C=O) groups is 1. The first-order valence-corrected chi connectivity index (χ1v) is 22.2. The molecule has 6 atom stereocenters. The smallest absolute Gasteiger partial charge is 0.219 e. The Kier molecular flexibility index (Phi) is 18.9. The summed E-state index contributed by atoms with van der Waals surface area (Å²) in [4.78, 5) is 14.9. The monoisotopic (exact) mass is 677 g/mol. The molecule has 1 aliphatic heterocycles. The Bertz CT molecular complexity index is 867. The second-order valence-corrected chi connectivity index (χ2v) is 22.1. The van der Waals surface area contributed by atoms with Crippen LogP contribution in [0.5, 0.6) is 0 Å². The van der Waals surface area contributed by atoms with Gasteiger partial charge in [0.1, 0.15) is 25.1 Å². The van der Waals surface area contributed by atoms with Gasteiger partial charge in [0, 0.05) is 19.0 Å². The molecule has 0 aromatic heterocycles. The van der Waals surface area contributed by atoms with Gasteiger partial charge in [-0.15, -0.1) is 0 Å². The fraction of sp³-hybridized carbons (Fsp3) is 0.938. The summed E-state index contributed by atoms with van der Waals surface area (Å²) in [7, 11) is -4.42. The average Bonchev–Trinajstić information content (AvgIpc) is 3.03. The minimum absolute atomic E-state index is 0.0902. The van der Waals surface area contributed by atoms with Crippen molar-refractivity contribution in [1.82, 2.24) is 10.2 Å². The quantitative estimate of drug-likeness (QED) is 0.0783. The summed E-state index contributed by atoms with van der Waals surface area (Å²) in [5.74, 6) is -0.196. The highest BCUT2D eigenvalue weighted by atomic mass is 28.4. The highest BCUT2D eigenvalue weighted by Gasteiger charge is 2.52. The van der Waals surface area contributed by atoms with Crippen LogP contribution in [0, 0.1) is 11.3 Å². The number of hydrogen-bond donors (Lipinski definition) is 2. The number of amides is 1. The summed E-state index contributed by atoms with van der Waals surface area (Å²) in [5, 5.41) is 16.8. The number of ether oxygens (including phenoxy) is 4. The van der Waals surface area contributed by atoms with E-state index < -0.39 is 53.5 Å². The summed E-state index contributed by atoms with van der Waals surface area (Å²) in [5.41, 5.74) is 0. The molecule has 1 amide bonds. The number of aliphatic hydroxyl groups excluding tert-OH is 1. The first-order chi connectivity index (χ1) is 21.9. The zero-order valence-electron chi connectivity index (χ0n) is 31.1. The summed E-state index contributed by atoms with van der Waals surface area (Å²) in [6, 6.07) is 7.36. The van der Waals surface area contributed by atoms with Gasteiger partial charge >= 0.3 is 0 Å². The van der Waals surface area contributed by atoms with E-state index in [-0.39, 0.29) is 51.0 Å². The van der Waals surface area contributed by atoms with Gasteiger partial charge in [0.25, 0.3) is 0 Å². The molecule has 0 bridgehead atoms. The van der Waals surface area contributed by atoms with Crippen molar-refractivity contribution in [3.8, 4) is 6.07 Å². The lowest BCUT2D eigenvalue weighted by atomic mass is 9.93. The standard InChI is InChI=1S/C32H65N3O8Si2/c1-12-44(13-2,14-3)42-30-28(21-38-23-36)41-27(22-40-32(39-20-18-19-33)35(24(7)8)25(9)10)29(34-26(11)37)31(30)43-45(15-4,16-5)17-6/h24-25,27-32,36H,12-18,20-23H2,1-11H3,(H,34,37)/t27-,28+,29-,30+,31+,32?/m0/s1/i36T. The molecule has 1 aliphatic rings. The second kappa shape index (κ2) is 21.1. The number of carbonyl (C=O) groups excluding carboxylic acids is 1. The van der Waals surface area contributed by atoms with Gasteiger partial charge in [-0.25, -0.2) is 0 Å². The van der Waals surface area contributed by atoms with Crippen LogP contribution in [0.1, 0.15) is 82.6 Å². The van der Waals surface area contributed by atoms with Gasteiger partial charge in [-0.2, -0.15) is 5.26 Å². The molecule has 0 aliphatic carbocycles. The summed E-state index contributed by atoms with van der Waals surface area (Å²) in [6.07, 6.45) is -2.69. The Balaban J connectivity index is 3.74. The number of nitriles is 1. The number of rotatable bonds is 24. The van der Waals surface area contributed by atoms with E-state index in [0.717, 1.165) is 36.3 Å².